The lowest BCUT2D eigenvalue weighted by atomic mass is 9.97. The first kappa shape index (κ1) is 10.9. The summed E-state index contributed by atoms with van der Waals surface area (Å²) in [5.41, 5.74) is 5.87. The molecule has 3 N–H and O–H groups in total. The lowest BCUT2D eigenvalue weighted by Crippen LogP contribution is -2.49. The predicted molar refractivity (Wildman–Crippen MR) is 47.4 cm³/mol. The third-order valence-electron chi connectivity index (χ3n) is 2.06. The van der Waals surface area contributed by atoms with E-state index in [0.29, 0.717) is 5.92 Å². The maximum Gasteiger partial charge on any atom is 0.0601 e. The van der Waals surface area contributed by atoms with Gasteiger partial charge in [-0.25, -0.2) is 0 Å². The molecule has 3 nitrogen and oxygen atoms in total. The molecule has 0 rings (SSSR count). The van der Waals surface area contributed by atoms with Gasteiger partial charge in [0.1, 0.15) is 0 Å². The molecule has 0 saturated carbocycles. The molecule has 0 amide bonds. The molecule has 0 aliphatic rings. The lowest BCUT2D eigenvalue weighted by molar-refractivity contribution is 0.132. The largest absolute Gasteiger partial charge is 0.395 e. The van der Waals surface area contributed by atoms with Gasteiger partial charge in [0.25, 0.3) is 0 Å². The smallest absolute Gasteiger partial charge is 0.0601 e. The van der Waals surface area contributed by atoms with Gasteiger partial charge in [0.05, 0.1) is 6.61 Å². The zero-order valence-corrected chi connectivity index (χ0v) is 7.91. The maximum atomic E-state index is 8.99. The Morgan fingerprint density at radius 2 is 1.82 bits per heavy atom. The van der Waals surface area contributed by atoms with Crippen LogP contribution in [0.4, 0.5) is 0 Å². The van der Waals surface area contributed by atoms with E-state index in [1.807, 2.05) is 19.0 Å². The van der Waals surface area contributed by atoms with Crippen molar-refractivity contribution in [2.24, 2.45) is 11.7 Å². The topological polar surface area (TPSA) is 49.5 Å². The fraction of sp³-hybridized carbons (Fsp3) is 1.00. The molecule has 3 heteroatoms. The number of hydrogen-bond donors (Lipinski definition) is 2. The van der Waals surface area contributed by atoms with Crippen molar-refractivity contribution in [1.82, 2.24) is 4.90 Å². The van der Waals surface area contributed by atoms with E-state index in [1.165, 1.54) is 0 Å². The Morgan fingerprint density at radius 3 is 1.91 bits per heavy atom. The molecule has 68 valence electrons. The number of aliphatic hydroxyl groups excluding tert-OH is 1. The second kappa shape index (κ2) is 4.70. The van der Waals surface area contributed by atoms with Gasteiger partial charge in [0, 0.05) is 12.1 Å². The van der Waals surface area contributed by atoms with E-state index in [2.05, 4.69) is 13.8 Å². The van der Waals surface area contributed by atoms with E-state index < -0.39 is 0 Å². The number of aliphatic hydroxyl groups is 1. The Balaban J connectivity index is 4.02. The number of hydrogen-bond acceptors (Lipinski definition) is 3. The van der Waals surface area contributed by atoms with Crippen LogP contribution in [-0.4, -0.2) is 42.8 Å². The van der Waals surface area contributed by atoms with Crippen molar-refractivity contribution in [2.45, 2.75) is 25.9 Å². The molecule has 0 spiro atoms. The Morgan fingerprint density at radius 1 is 1.36 bits per heavy atom. The quantitative estimate of drug-likeness (QED) is 0.603. The third kappa shape index (κ3) is 3.18. The van der Waals surface area contributed by atoms with Crippen molar-refractivity contribution in [3.8, 4) is 0 Å². The summed E-state index contributed by atoms with van der Waals surface area (Å²) in [6.07, 6.45) is 0. The van der Waals surface area contributed by atoms with Crippen LogP contribution in [0.25, 0.3) is 0 Å². The van der Waals surface area contributed by atoms with Crippen LogP contribution in [0.3, 0.4) is 0 Å². The zero-order valence-electron chi connectivity index (χ0n) is 7.91. The Hall–Kier alpha value is -0.120. The van der Waals surface area contributed by atoms with Gasteiger partial charge in [-0.1, -0.05) is 13.8 Å². The lowest BCUT2D eigenvalue weighted by Gasteiger charge is -2.30. The van der Waals surface area contributed by atoms with Gasteiger partial charge >= 0.3 is 0 Å². The first-order valence-electron chi connectivity index (χ1n) is 4.03. The Kier molecular flexibility index (Phi) is 4.65. The van der Waals surface area contributed by atoms with Crippen molar-refractivity contribution in [3.63, 3.8) is 0 Å². The molecular formula is C8H20N2O. The van der Waals surface area contributed by atoms with E-state index in [1.54, 1.807) is 0 Å². The number of nitrogens with zero attached hydrogens (tertiary/aromatic N) is 1. The maximum absolute atomic E-state index is 8.99. The van der Waals surface area contributed by atoms with Gasteiger partial charge in [-0.3, -0.25) is 0 Å². The minimum atomic E-state index is 0.0509. The molecule has 11 heavy (non-hydrogen) atoms. The minimum Gasteiger partial charge on any atom is -0.395 e. The molecule has 0 saturated heterocycles. The molecule has 0 bridgehead atoms. The molecule has 2 unspecified atom stereocenters. The van der Waals surface area contributed by atoms with Gasteiger partial charge in [-0.15, -0.1) is 0 Å². The zero-order chi connectivity index (χ0) is 9.02. The molecule has 0 aliphatic carbocycles. The van der Waals surface area contributed by atoms with E-state index in [9.17, 15) is 0 Å². The highest BCUT2D eigenvalue weighted by atomic mass is 16.3. The highest BCUT2D eigenvalue weighted by Gasteiger charge is 2.21. The van der Waals surface area contributed by atoms with Crippen LogP contribution in [0, 0.1) is 5.92 Å². The van der Waals surface area contributed by atoms with Crippen LogP contribution in [0.5, 0.6) is 0 Å². The molecule has 0 aromatic heterocycles. The molecule has 0 fully saturated rings. The van der Waals surface area contributed by atoms with Gasteiger partial charge in [0.2, 0.25) is 0 Å². The molecular weight excluding hydrogens is 140 g/mol. The predicted octanol–water partition coefficient (Wildman–Crippen LogP) is -0.108. The van der Waals surface area contributed by atoms with Crippen LogP contribution >= 0.6 is 0 Å². The molecule has 0 heterocycles. The van der Waals surface area contributed by atoms with Crippen molar-refractivity contribution in [2.75, 3.05) is 20.7 Å². The standard InChI is InChI=1S/C8H20N2O/c1-6(2)8(9)7(5-11)10(3)4/h6-8,11H,5,9H2,1-4H3. The van der Waals surface area contributed by atoms with E-state index in [-0.39, 0.29) is 18.7 Å². The van der Waals surface area contributed by atoms with Gasteiger partial charge in [-0.2, -0.15) is 0 Å². The van der Waals surface area contributed by atoms with Gasteiger partial charge in [-0.05, 0) is 20.0 Å². The molecule has 0 aromatic carbocycles. The monoisotopic (exact) mass is 160 g/mol. The Labute approximate surface area is 69.2 Å². The second-order valence-electron chi connectivity index (χ2n) is 3.53. The summed E-state index contributed by atoms with van der Waals surface area (Å²) in [5.74, 6) is 0.412. The normalized spacial score (nSPS) is 17.5. The van der Waals surface area contributed by atoms with Crippen LogP contribution < -0.4 is 5.73 Å². The summed E-state index contributed by atoms with van der Waals surface area (Å²) >= 11 is 0. The summed E-state index contributed by atoms with van der Waals surface area (Å²) in [6, 6.07) is 0.130. The molecule has 0 aromatic rings. The van der Waals surface area contributed by atoms with Gasteiger partial charge in [0.15, 0.2) is 0 Å². The molecule has 2 atom stereocenters. The highest BCUT2D eigenvalue weighted by Crippen LogP contribution is 2.06. The first-order valence-corrected chi connectivity index (χ1v) is 4.03. The van der Waals surface area contributed by atoms with Crippen molar-refractivity contribution >= 4 is 0 Å². The van der Waals surface area contributed by atoms with Crippen LogP contribution in [0.15, 0.2) is 0 Å². The summed E-state index contributed by atoms with van der Waals surface area (Å²) < 4.78 is 0. The fourth-order valence-corrected chi connectivity index (χ4v) is 1.07. The summed E-state index contributed by atoms with van der Waals surface area (Å²) in [6.45, 7) is 4.26. The number of likely N-dealkylation sites (N-methyl/N-ethyl adjacent to an activating group) is 1. The second-order valence-corrected chi connectivity index (χ2v) is 3.53. The van der Waals surface area contributed by atoms with Crippen molar-refractivity contribution in [3.05, 3.63) is 0 Å². The third-order valence-corrected chi connectivity index (χ3v) is 2.06. The Bertz CT molecular complexity index is 104. The van der Waals surface area contributed by atoms with Crippen LogP contribution in [-0.2, 0) is 0 Å². The highest BCUT2D eigenvalue weighted by molar-refractivity contribution is 4.80. The average Bonchev–Trinajstić information content (AvgIpc) is 1.88. The summed E-state index contributed by atoms with van der Waals surface area (Å²) in [5, 5.41) is 8.99. The van der Waals surface area contributed by atoms with Crippen molar-refractivity contribution in [1.29, 1.82) is 0 Å². The van der Waals surface area contributed by atoms with Crippen molar-refractivity contribution < 1.29 is 5.11 Å². The number of rotatable bonds is 4. The molecule has 0 aliphatic heterocycles. The van der Waals surface area contributed by atoms with E-state index in [4.69, 9.17) is 10.8 Å². The van der Waals surface area contributed by atoms with Crippen LogP contribution in [0.2, 0.25) is 0 Å². The molecule has 0 radical (unpaired) electrons. The van der Waals surface area contributed by atoms with E-state index >= 15 is 0 Å². The minimum absolute atomic E-state index is 0.0509. The van der Waals surface area contributed by atoms with Gasteiger partial charge < -0.3 is 15.7 Å². The fourth-order valence-electron chi connectivity index (χ4n) is 1.07. The van der Waals surface area contributed by atoms with Crippen LogP contribution in [0.1, 0.15) is 13.8 Å². The summed E-state index contributed by atoms with van der Waals surface area (Å²) in [7, 11) is 3.87. The average molecular weight is 160 g/mol. The SMILES string of the molecule is CC(C)C(N)C(CO)N(C)C. The summed E-state index contributed by atoms with van der Waals surface area (Å²) in [4.78, 5) is 1.96. The van der Waals surface area contributed by atoms with E-state index in [0.717, 1.165) is 0 Å². The number of nitrogens with two attached hydrogens (primary N) is 1. The first-order chi connectivity index (χ1) is 5.00.